The second-order valence-electron chi connectivity index (χ2n) is 5.18. The van der Waals surface area contributed by atoms with Crippen LogP contribution in [0.15, 0.2) is 18.5 Å². The summed E-state index contributed by atoms with van der Waals surface area (Å²) in [5.74, 6) is 0.894. The van der Waals surface area contributed by atoms with E-state index < -0.39 is 0 Å². The van der Waals surface area contributed by atoms with E-state index in [-0.39, 0.29) is 0 Å². The van der Waals surface area contributed by atoms with E-state index in [1.165, 1.54) is 37.8 Å². The fourth-order valence-corrected chi connectivity index (χ4v) is 2.71. The largest absolute Gasteiger partial charge is 0.367 e. The first-order valence-corrected chi connectivity index (χ1v) is 6.88. The molecule has 0 aliphatic heterocycles. The number of aromatic amines is 1. The number of H-pyrrole nitrogens is 1. The van der Waals surface area contributed by atoms with E-state index in [1.54, 1.807) is 0 Å². The molecular weight excluding hydrogens is 210 g/mol. The summed E-state index contributed by atoms with van der Waals surface area (Å²) in [6, 6.07) is 2.92. The molecule has 0 spiro atoms. The van der Waals surface area contributed by atoms with E-state index >= 15 is 0 Å². The van der Waals surface area contributed by atoms with Crippen LogP contribution in [0.1, 0.15) is 31.2 Å². The molecule has 1 saturated carbocycles. The van der Waals surface area contributed by atoms with Gasteiger partial charge in [-0.25, -0.2) is 0 Å². The molecule has 1 aliphatic carbocycles. The van der Waals surface area contributed by atoms with Gasteiger partial charge in [0.2, 0.25) is 0 Å². The van der Waals surface area contributed by atoms with Gasteiger partial charge in [-0.3, -0.25) is 0 Å². The fraction of sp³-hybridized carbons (Fsp3) is 0.714. The Kier molecular flexibility index (Phi) is 5.08. The lowest BCUT2D eigenvalue weighted by atomic mass is 9.86. The molecule has 1 aromatic heterocycles. The van der Waals surface area contributed by atoms with Crippen molar-refractivity contribution < 1.29 is 0 Å². The molecule has 0 radical (unpaired) electrons. The van der Waals surface area contributed by atoms with Crippen LogP contribution in [-0.2, 0) is 6.42 Å². The van der Waals surface area contributed by atoms with Gasteiger partial charge in [0, 0.05) is 18.4 Å². The average Bonchev–Trinajstić information content (AvgIpc) is 2.88. The van der Waals surface area contributed by atoms with Gasteiger partial charge in [-0.15, -0.1) is 0 Å². The Hall–Kier alpha value is -0.800. The van der Waals surface area contributed by atoms with Crippen LogP contribution in [0.4, 0.5) is 0 Å². The quantitative estimate of drug-likeness (QED) is 0.659. The van der Waals surface area contributed by atoms with Crippen molar-refractivity contribution >= 4 is 0 Å². The van der Waals surface area contributed by atoms with Crippen molar-refractivity contribution in [3.05, 3.63) is 24.0 Å². The molecule has 0 saturated heterocycles. The van der Waals surface area contributed by atoms with Gasteiger partial charge in [0.05, 0.1) is 0 Å². The predicted molar refractivity (Wildman–Crippen MR) is 72.2 cm³/mol. The monoisotopic (exact) mass is 235 g/mol. The molecule has 96 valence electrons. The smallest absolute Gasteiger partial charge is 0.00642 e. The van der Waals surface area contributed by atoms with Crippen LogP contribution in [0.3, 0.4) is 0 Å². The minimum Gasteiger partial charge on any atom is -0.367 e. The maximum atomic E-state index is 3.59. The first kappa shape index (κ1) is 12.7. The van der Waals surface area contributed by atoms with E-state index in [0.717, 1.165) is 24.9 Å². The Morgan fingerprint density at radius 3 is 2.76 bits per heavy atom. The van der Waals surface area contributed by atoms with E-state index in [9.17, 15) is 0 Å². The summed E-state index contributed by atoms with van der Waals surface area (Å²) in [6.07, 6.45) is 10.7. The minimum atomic E-state index is 0.770. The topological polar surface area (TPSA) is 39.8 Å². The van der Waals surface area contributed by atoms with E-state index in [4.69, 9.17) is 0 Å². The van der Waals surface area contributed by atoms with Crippen LogP contribution in [0.25, 0.3) is 0 Å². The van der Waals surface area contributed by atoms with Gasteiger partial charge in [0.1, 0.15) is 0 Å². The lowest BCUT2D eigenvalue weighted by Gasteiger charge is -2.28. The molecule has 0 unspecified atom stereocenters. The van der Waals surface area contributed by atoms with Crippen molar-refractivity contribution in [3.63, 3.8) is 0 Å². The molecule has 0 bridgehead atoms. The first-order chi connectivity index (χ1) is 8.38. The molecule has 1 heterocycles. The summed E-state index contributed by atoms with van der Waals surface area (Å²) in [5.41, 5.74) is 1.40. The zero-order valence-corrected chi connectivity index (χ0v) is 10.8. The Morgan fingerprint density at radius 2 is 2.12 bits per heavy atom. The highest BCUT2D eigenvalue weighted by Gasteiger charge is 2.19. The molecule has 3 nitrogen and oxygen atoms in total. The summed E-state index contributed by atoms with van der Waals surface area (Å²) in [6.45, 7) is 2.30. The number of hydrogen-bond donors (Lipinski definition) is 3. The van der Waals surface area contributed by atoms with Gasteiger partial charge in [0.25, 0.3) is 0 Å². The zero-order valence-electron chi connectivity index (χ0n) is 10.8. The SMILES string of the molecule is CNC1CCC(CNCCc2cc[nH]c2)CC1. The Labute approximate surface area is 104 Å². The molecule has 1 aromatic rings. The van der Waals surface area contributed by atoms with Crippen LogP contribution in [0.5, 0.6) is 0 Å². The summed E-state index contributed by atoms with van der Waals surface area (Å²) < 4.78 is 0. The Morgan fingerprint density at radius 1 is 1.29 bits per heavy atom. The molecule has 0 atom stereocenters. The predicted octanol–water partition coefficient (Wildman–Crippen LogP) is 1.92. The van der Waals surface area contributed by atoms with Crippen molar-refractivity contribution in [2.24, 2.45) is 5.92 Å². The molecule has 2 rings (SSSR count). The number of hydrogen-bond acceptors (Lipinski definition) is 2. The molecule has 0 amide bonds. The third-order valence-corrected chi connectivity index (χ3v) is 3.94. The molecule has 3 heteroatoms. The van der Waals surface area contributed by atoms with Crippen LogP contribution >= 0.6 is 0 Å². The summed E-state index contributed by atoms with van der Waals surface area (Å²) in [5, 5.41) is 6.98. The van der Waals surface area contributed by atoms with Gasteiger partial charge in [-0.1, -0.05) is 0 Å². The number of aromatic nitrogens is 1. The lowest BCUT2D eigenvalue weighted by molar-refractivity contribution is 0.293. The van der Waals surface area contributed by atoms with Gasteiger partial charge in [0.15, 0.2) is 0 Å². The standard InChI is InChI=1S/C14H25N3/c1-15-14-4-2-12(3-5-14)10-16-8-6-13-7-9-17-11-13/h7,9,11-12,14-17H,2-6,8,10H2,1H3. The summed E-state index contributed by atoms with van der Waals surface area (Å²) in [7, 11) is 2.08. The average molecular weight is 235 g/mol. The van der Waals surface area contributed by atoms with Crippen molar-refractivity contribution in [2.75, 3.05) is 20.1 Å². The fourth-order valence-electron chi connectivity index (χ4n) is 2.71. The summed E-state index contributed by atoms with van der Waals surface area (Å²) >= 11 is 0. The molecule has 3 N–H and O–H groups in total. The second-order valence-corrected chi connectivity index (χ2v) is 5.18. The van der Waals surface area contributed by atoms with Crippen molar-refractivity contribution in [1.29, 1.82) is 0 Å². The minimum absolute atomic E-state index is 0.770. The number of nitrogens with one attached hydrogen (secondary N) is 3. The third kappa shape index (κ3) is 4.17. The lowest BCUT2D eigenvalue weighted by Crippen LogP contribution is -2.34. The molecule has 17 heavy (non-hydrogen) atoms. The summed E-state index contributed by atoms with van der Waals surface area (Å²) in [4.78, 5) is 3.10. The highest BCUT2D eigenvalue weighted by molar-refractivity contribution is 5.08. The van der Waals surface area contributed by atoms with Crippen LogP contribution in [0, 0.1) is 5.92 Å². The normalized spacial score (nSPS) is 25.0. The van der Waals surface area contributed by atoms with Gasteiger partial charge in [-0.05, 0) is 69.8 Å². The van der Waals surface area contributed by atoms with Gasteiger partial charge < -0.3 is 15.6 Å². The van der Waals surface area contributed by atoms with Crippen molar-refractivity contribution in [2.45, 2.75) is 38.1 Å². The molecule has 1 fully saturated rings. The van der Waals surface area contributed by atoms with E-state index in [2.05, 4.69) is 34.9 Å². The highest BCUT2D eigenvalue weighted by Crippen LogP contribution is 2.23. The van der Waals surface area contributed by atoms with Gasteiger partial charge in [-0.2, -0.15) is 0 Å². The first-order valence-electron chi connectivity index (χ1n) is 6.88. The number of rotatable bonds is 6. The molecule has 0 aromatic carbocycles. The Balaban J connectivity index is 1.54. The second kappa shape index (κ2) is 6.82. The van der Waals surface area contributed by atoms with Crippen LogP contribution in [-0.4, -0.2) is 31.2 Å². The molecule has 1 aliphatic rings. The maximum Gasteiger partial charge on any atom is 0.00642 e. The van der Waals surface area contributed by atoms with Crippen molar-refractivity contribution in [3.8, 4) is 0 Å². The molecular formula is C14H25N3. The van der Waals surface area contributed by atoms with Crippen molar-refractivity contribution in [1.82, 2.24) is 15.6 Å². The van der Waals surface area contributed by atoms with E-state index in [1.807, 2.05) is 6.20 Å². The third-order valence-electron chi connectivity index (χ3n) is 3.94. The Bertz CT molecular complexity index is 286. The zero-order chi connectivity index (χ0) is 11.9. The van der Waals surface area contributed by atoms with Crippen LogP contribution in [0.2, 0.25) is 0 Å². The van der Waals surface area contributed by atoms with Crippen LogP contribution < -0.4 is 10.6 Å². The van der Waals surface area contributed by atoms with E-state index in [0.29, 0.717) is 0 Å². The maximum absolute atomic E-state index is 3.59. The van der Waals surface area contributed by atoms with Gasteiger partial charge >= 0.3 is 0 Å². The highest BCUT2D eigenvalue weighted by atomic mass is 14.9.